The molecular formula is C108H96. The molecule has 0 N–H and O–H groups in total. The van der Waals surface area contributed by atoms with Crippen molar-refractivity contribution in [3.63, 3.8) is 0 Å². The van der Waals surface area contributed by atoms with Crippen LogP contribution in [-0.4, -0.2) is 0 Å². The molecule has 0 aliphatic heterocycles. The van der Waals surface area contributed by atoms with Crippen molar-refractivity contribution in [2.24, 2.45) is 0 Å². The first-order valence-electron chi connectivity index (χ1n) is 38.4. The van der Waals surface area contributed by atoms with Gasteiger partial charge in [0, 0.05) is 16.2 Å². The fourth-order valence-electron chi connectivity index (χ4n) is 17.3. The Balaban J connectivity index is 0.000000101. The molecule has 0 saturated carbocycles. The molecule has 0 heteroatoms. The highest BCUT2D eigenvalue weighted by Gasteiger charge is 2.37. The Bertz CT molecular complexity index is 6350. The topological polar surface area (TPSA) is 0 Å². The first-order valence-corrected chi connectivity index (χ1v) is 38.4. The van der Waals surface area contributed by atoms with E-state index >= 15 is 0 Å². The van der Waals surface area contributed by atoms with Crippen molar-refractivity contribution in [1.82, 2.24) is 0 Å². The van der Waals surface area contributed by atoms with Crippen LogP contribution in [0.5, 0.6) is 0 Å². The monoisotopic (exact) mass is 1390 g/mol. The predicted molar refractivity (Wildman–Crippen MR) is 471 cm³/mol. The third kappa shape index (κ3) is 13.8. The van der Waals surface area contributed by atoms with E-state index in [0.717, 1.165) is 0 Å². The van der Waals surface area contributed by atoms with Gasteiger partial charge in [-0.25, -0.2) is 0 Å². The maximum atomic E-state index is 2.33. The Morgan fingerprint density at radius 1 is 0.157 bits per heavy atom. The first-order chi connectivity index (χ1) is 52.2. The average Bonchev–Trinajstić information content (AvgIpc) is 1.58. The zero-order valence-electron chi connectivity index (χ0n) is 64.9. The van der Waals surface area contributed by atoms with E-state index in [-0.39, 0.29) is 16.2 Å². The van der Waals surface area contributed by atoms with Crippen LogP contribution in [0.2, 0.25) is 0 Å². The lowest BCUT2D eigenvalue weighted by Gasteiger charge is -2.21. The van der Waals surface area contributed by atoms with Crippen LogP contribution in [0.15, 0.2) is 346 Å². The standard InChI is InChI=1S/3C16H16.4C15H12/c1-11-7-6-10-14-15(11)12-8-4-5-9-13(12)16(14,2)3;1-11-8-9-15-13(10-11)12-6-4-5-7-14(12)16(15,2)3;1-11-8-9-13-12-6-4-5-7-14(12)16(2,3)15(13)10-11;1-11-10-12-6-2-3-8-14(12)15-9-5-4-7-13(11)15;1-11-5-4-8-15-13(11)10-9-12-6-2-3-7-14(12)15;1-11-6-9-15-13(10-11)8-7-12-4-2-3-5-14(12)15;1-11-6-7-13-9-8-12-4-2-3-5-14(12)15(13)10-11/h3*4-10H,1-3H3;4*2-10H,1H3. The van der Waals surface area contributed by atoms with Crippen LogP contribution in [-0.2, 0) is 16.2 Å². The van der Waals surface area contributed by atoms with E-state index in [2.05, 4.69) is 436 Å². The second-order valence-corrected chi connectivity index (χ2v) is 31.5. The summed E-state index contributed by atoms with van der Waals surface area (Å²) in [5.41, 5.74) is 27.1. The summed E-state index contributed by atoms with van der Waals surface area (Å²) < 4.78 is 0. The Kier molecular flexibility index (Phi) is 19.7. The molecule has 0 spiro atoms. The predicted octanol–water partition coefficient (Wildman–Crippen LogP) is 30.1. The van der Waals surface area contributed by atoms with Crippen molar-refractivity contribution < 1.29 is 0 Å². The van der Waals surface area contributed by atoms with Gasteiger partial charge < -0.3 is 0 Å². The molecular weight excluding hydrogens is 1300 g/mol. The summed E-state index contributed by atoms with van der Waals surface area (Å²) in [6.07, 6.45) is 0. The van der Waals surface area contributed by atoms with Crippen LogP contribution in [0.25, 0.3) is 120 Å². The Hall–Kier alpha value is -12.0. The van der Waals surface area contributed by atoms with Crippen molar-refractivity contribution in [2.75, 3.05) is 0 Å². The number of fused-ring (bicyclic) bond motifs is 21. The van der Waals surface area contributed by atoms with Gasteiger partial charge in [0.05, 0.1) is 0 Å². The lowest BCUT2D eigenvalue weighted by molar-refractivity contribution is 0.659. The van der Waals surface area contributed by atoms with E-state index in [1.807, 2.05) is 0 Å². The van der Waals surface area contributed by atoms with E-state index < -0.39 is 0 Å². The number of benzene rings is 18. The van der Waals surface area contributed by atoms with Crippen LogP contribution in [0, 0.1) is 48.5 Å². The van der Waals surface area contributed by atoms with Crippen LogP contribution in [0.4, 0.5) is 0 Å². The van der Waals surface area contributed by atoms with Crippen LogP contribution < -0.4 is 0 Å². The highest BCUT2D eigenvalue weighted by Crippen LogP contribution is 2.52. The number of hydrogen-bond donors (Lipinski definition) is 0. The second kappa shape index (κ2) is 29.8. The maximum absolute atomic E-state index is 2.33. The van der Waals surface area contributed by atoms with Crippen LogP contribution in [0.3, 0.4) is 0 Å². The Morgan fingerprint density at radius 3 is 1.12 bits per heavy atom. The van der Waals surface area contributed by atoms with E-state index in [1.54, 1.807) is 0 Å². The summed E-state index contributed by atoms with van der Waals surface area (Å²) in [5, 5.41) is 21.4. The zero-order chi connectivity index (χ0) is 75.0. The highest BCUT2D eigenvalue weighted by molar-refractivity contribution is 6.11. The van der Waals surface area contributed by atoms with Crippen molar-refractivity contribution >= 4 is 86.2 Å². The smallest absolute Gasteiger partial charge is 0.0158 e. The summed E-state index contributed by atoms with van der Waals surface area (Å²) in [6.45, 7) is 29.0. The molecule has 108 heavy (non-hydrogen) atoms. The van der Waals surface area contributed by atoms with Gasteiger partial charge in [0.15, 0.2) is 0 Å². The number of aryl methyl sites for hydroxylation is 7. The van der Waals surface area contributed by atoms with E-state index in [1.165, 1.54) is 192 Å². The molecule has 528 valence electrons. The summed E-state index contributed by atoms with van der Waals surface area (Å²) in [4.78, 5) is 0. The molecule has 0 nitrogen and oxygen atoms in total. The lowest BCUT2D eigenvalue weighted by atomic mass is 9.82. The summed E-state index contributed by atoms with van der Waals surface area (Å²) >= 11 is 0. The highest BCUT2D eigenvalue weighted by atomic mass is 14.4. The third-order valence-electron chi connectivity index (χ3n) is 23.1. The fraction of sp³-hybridized carbons (Fsp3) is 0.148. The van der Waals surface area contributed by atoms with Crippen molar-refractivity contribution in [2.45, 2.75) is 106 Å². The van der Waals surface area contributed by atoms with Gasteiger partial charge in [0.1, 0.15) is 0 Å². The molecule has 21 rings (SSSR count). The molecule has 18 aromatic carbocycles. The van der Waals surface area contributed by atoms with Gasteiger partial charge in [-0.3, -0.25) is 0 Å². The first kappa shape index (κ1) is 71.6. The summed E-state index contributed by atoms with van der Waals surface area (Å²) in [7, 11) is 0. The maximum Gasteiger partial charge on any atom is 0.0158 e. The minimum absolute atomic E-state index is 0.151. The van der Waals surface area contributed by atoms with Gasteiger partial charge in [-0.2, -0.15) is 0 Å². The number of hydrogen-bond acceptors (Lipinski definition) is 0. The quantitative estimate of drug-likeness (QED) is 0.133. The van der Waals surface area contributed by atoms with Gasteiger partial charge in [-0.15, -0.1) is 0 Å². The van der Waals surface area contributed by atoms with Gasteiger partial charge in [-0.05, 0) is 218 Å². The van der Waals surface area contributed by atoms with Gasteiger partial charge in [0.2, 0.25) is 0 Å². The average molecular weight is 1390 g/mol. The van der Waals surface area contributed by atoms with Crippen molar-refractivity contribution in [3.05, 3.63) is 418 Å². The SMILES string of the molecule is Cc1cc2ccccc2c2ccccc12.Cc1ccc2c(c1)-c1ccccc1C2(C)C.Cc1ccc2c(c1)C(C)(C)c1ccccc1-2.Cc1ccc2c(ccc3ccccc32)c1.Cc1ccc2ccc3ccccc3c2c1.Cc1cccc2c1-c1ccccc1C2(C)C.Cc1cccc2c1ccc1ccccc12. The Morgan fingerprint density at radius 2 is 0.481 bits per heavy atom. The summed E-state index contributed by atoms with van der Waals surface area (Å²) in [5.74, 6) is 0. The molecule has 0 unspecified atom stereocenters. The third-order valence-corrected chi connectivity index (χ3v) is 23.1. The van der Waals surface area contributed by atoms with E-state index in [0.29, 0.717) is 0 Å². The molecule has 0 amide bonds. The molecule has 0 heterocycles. The van der Waals surface area contributed by atoms with Crippen LogP contribution in [0.1, 0.15) is 114 Å². The molecule has 0 atom stereocenters. The summed E-state index contributed by atoms with van der Waals surface area (Å²) in [6, 6.07) is 125. The molecule has 0 radical (unpaired) electrons. The minimum Gasteiger partial charge on any atom is -0.0619 e. The largest absolute Gasteiger partial charge is 0.0619 e. The lowest BCUT2D eigenvalue weighted by Crippen LogP contribution is -2.14. The van der Waals surface area contributed by atoms with Crippen LogP contribution >= 0.6 is 0 Å². The molecule has 0 saturated heterocycles. The van der Waals surface area contributed by atoms with Gasteiger partial charge >= 0.3 is 0 Å². The van der Waals surface area contributed by atoms with E-state index in [4.69, 9.17) is 0 Å². The molecule has 0 bridgehead atoms. The molecule has 3 aliphatic rings. The van der Waals surface area contributed by atoms with Crippen molar-refractivity contribution in [3.8, 4) is 33.4 Å². The minimum atomic E-state index is 0.151. The molecule has 0 fully saturated rings. The van der Waals surface area contributed by atoms with Gasteiger partial charge in [0.25, 0.3) is 0 Å². The van der Waals surface area contributed by atoms with Gasteiger partial charge in [-0.1, -0.05) is 410 Å². The second-order valence-electron chi connectivity index (χ2n) is 31.5. The molecule has 0 aromatic heterocycles. The number of rotatable bonds is 0. The van der Waals surface area contributed by atoms with E-state index in [9.17, 15) is 0 Å². The molecule has 18 aromatic rings. The Labute approximate surface area is 639 Å². The van der Waals surface area contributed by atoms with Crippen molar-refractivity contribution in [1.29, 1.82) is 0 Å². The normalized spacial score (nSPS) is 13.1. The molecule has 3 aliphatic carbocycles. The zero-order valence-corrected chi connectivity index (χ0v) is 64.9. The fourth-order valence-corrected chi connectivity index (χ4v) is 17.3.